The van der Waals surface area contributed by atoms with Crippen molar-refractivity contribution in [2.24, 2.45) is 0 Å². The number of hydrogen-bond acceptors (Lipinski definition) is 3. The molecule has 5 heteroatoms. The van der Waals surface area contributed by atoms with Crippen LogP contribution in [0.2, 0.25) is 5.02 Å². The minimum atomic E-state index is -0.443. The van der Waals surface area contributed by atoms with Crippen molar-refractivity contribution in [1.82, 2.24) is 14.8 Å². The van der Waals surface area contributed by atoms with Crippen molar-refractivity contribution in [2.75, 3.05) is 0 Å². The molecule has 0 saturated carbocycles. The van der Waals surface area contributed by atoms with Gasteiger partial charge in [-0.05, 0) is 34.2 Å². The molecule has 1 fully saturated rings. The summed E-state index contributed by atoms with van der Waals surface area (Å²) >= 11 is 6.07. The van der Waals surface area contributed by atoms with Crippen LogP contribution in [0, 0.1) is 0 Å². The first-order valence-corrected chi connectivity index (χ1v) is 9.13. The summed E-state index contributed by atoms with van der Waals surface area (Å²) in [5, 5.41) is 4.98. The molecule has 0 bridgehead atoms. The summed E-state index contributed by atoms with van der Waals surface area (Å²) in [6, 6.07) is 16.6. The van der Waals surface area contributed by atoms with Crippen molar-refractivity contribution in [3.05, 3.63) is 82.9 Å². The van der Waals surface area contributed by atoms with Gasteiger partial charge in [0, 0.05) is 5.02 Å². The van der Waals surface area contributed by atoms with Crippen LogP contribution in [-0.4, -0.2) is 14.8 Å². The topological polar surface area (TPSA) is 43.2 Å². The number of rotatable bonds is 4. The molecular formula is C21H22ClN3O. The maximum atomic E-state index is 6.28. The maximum absolute atomic E-state index is 6.28. The lowest BCUT2D eigenvalue weighted by atomic mass is 9.85. The van der Waals surface area contributed by atoms with E-state index in [-0.39, 0.29) is 11.5 Å². The van der Waals surface area contributed by atoms with Gasteiger partial charge in [-0.3, -0.25) is 0 Å². The average molecular weight is 368 g/mol. The van der Waals surface area contributed by atoms with E-state index in [1.54, 1.807) is 12.7 Å². The van der Waals surface area contributed by atoms with E-state index >= 15 is 0 Å². The van der Waals surface area contributed by atoms with Gasteiger partial charge in [-0.15, -0.1) is 0 Å². The molecule has 1 aromatic heterocycles. The number of nitrogens with zero attached hydrogens (tertiary/aromatic N) is 3. The second-order valence-electron chi connectivity index (χ2n) is 7.86. The molecule has 1 saturated heterocycles. The normalized spacial score (nSPS) is 22.4. The van der Waals surface area contributed by atoms with Crippen LogP contribution in [-0.2, 0) is 22.3 Å². The molecule has 0 amide bonds. The fourth-order valence-corrected chi connectivity index (χ4v) is 3.52. The molecule has 0 spiro atoms. The standard InChI is InChI=1S/C21H22ClN3O/c1-20(2,3)16-6-4-15(5-7-16)19-21(26-19,12-25-14-23-13-24-25)17-8-10-18(22)11-9-17/h4-11,13-14,19H,12H2,1-3H3/t19-,21-/m0/s1. The fourth-order valence-electron chi connectivity index (χ4n) is 3.39. The molecule has 4 rings (SSSR count). The zero-order valence-electron chi connectivity index (χ0n) is 15.2. The van der Waals surface area contributed by atoms with Crippen molar-refractivity contribution >= 4 is 11.6 Å². The van der Waals surface area contributed by atoms with Gasteiger partial charge in [0.1, 0.15) is 24.4 Å². The summed E-state index contributed by atoms with van der Waals surface area (Å²) in [4.78, 5) is 4.05. The molecule has 0 N–H and O–H groups in total. The van der Waals surface area contributed by atoms with E-state index in [1.165, 1.54) is 11.1 Å². The largest absolute Gasteiger partial charge is 0.354 e. The number of ether oxygens (including phenoxy) is 1. The third kappa shape index (κ3) is 3.15. The SMILES string of the molecule is CC(C)(C)c1ccc([C@@H]2O[C@@]2(Cn2cncn2)c2ccc(Cl)cc2)cc1. The molecule has 0 unspecified atom stereocenters. The molecular weight excluding hydrogens is 346 g/mol. The highest BCUT2D eigenvalue weighted by molar-refractivity contribution is 6.30. The van der Waals surface area contributed by atoms with Gasteiger partial charge in [-0.25, -0.2) is 9.67 Å². The lowest BCUT2D eigenvalue weighted by molar-refractivity contribution is 0.262. The van der Waals surface area contributed by atoms with Crippen molar-refractivity contribution in [3.8, 4) is 0 Å². The lowest BCUT2D eigenvalue weighted by Gasteiger charge is -2.19. The Balaban J connectivity index is 1.67. The first kappa shape index (κ1) is 17.3. The van der Waals surface area contributed by atoms with E-state index in [0.717, 1.165) is 10.6 Å². The molecule has 134 valence electrons. The van der Waals surface area contributed by atoms with E-state index in [1.807, 2.05) is 28.9 Å². The first-order chi connectivity index (χ1) is 12.4. The van der Waals surface area contributed by atoms with Gasteiger partial charge in [-0.1, -0.05) is 68.8 Å². The smallest absolute Gasteiger partial charge is 0.144 e. The summed E-state index contributed by atoms with van der Waals surface area (Å²) in [5.74, 6) is 0. The van der Waals surface area contributed by atoms with Crippen molar-refractivity contribution < 1.29 is 4.74 Å². The summed E-state index contributed by atoms with van der Waals surface area (Å²) in [7, 11) is 0. The maximum Gasteiger partial charge on any atom is 0.144 e. The van der Waals surface area contributed by atoms with Gasteiger partial charge in [0.25, 0.3) is 0 Å². The van der Waals surface area contributed by atoms with Gasteiger partial charge < -0.3 is 4.74 Å². The van der Waals surface area contributed by atoms with Crippen LogP contribution in [0.15, 0.2) is 61.2 Å². The first-order valence-electron chi connectivity index (χ1n) is 8.75. The predicted molar refractivity (Wildman–Crippen MR) is 102 cm³/mol. The summed E-state index contributed by atoms with van der Waals surface area (Å²) in [5.41, 5.74) is 3.28. The molecule has 4 nitrogen and oxygen atoms in total. The van der Waals surface area contributed by atoms with E-state index in [0.29, 0.717) is 6.54 Å². The Bertz CT molecular complexity index is 883. The Morgan fingerprint density at radius 2 is 1.77 bits per heavy atom. The van der Waals surface area contributed by atoms with Gasteiger partial charge in [0.2, 0.25) is 0 Å². The van der Waals surface area contributed by atoms with E-state index in [2.05, 4.69) is 55.1 Å². The molecule has 2 atom stereocenters. The highest BCUT2D eigenvalue weighted by Gasteiger charge is 2.59. The van der Waals surface area contributed by atoms with Crippen molar-refractivity contribution in [2.45, 2.75) is 44.4 Å². The number of hydrogen-bond donors (Lipinski definition) is 0. The monoisotopic (exact) mass is 367 g/mol. The third-order valence-corrected chi connectivity index (χ3v) is 5.22. The Kier molecular flexibility index (Phi) is 4.13. The number of aromatic nitrogens is 3. The van der Waals surface area contributed by atoms with Crippen LogP contribution in [0.25, 0.3) is 0 Å². The van der Waals surface area contributed by atoms with Crippen LogP contribution in [0.5, 0.6) is 0 Å². The molecule has 1 aliphatic heterocycles. The van der Waals surface area contributed by atoms with E-state index < -0.39 is 5.60 Å². The van der Waals surface area contributed by atoms with Crippen molar-refractivity contribution in [1.29, 1.82) is 0 Å². The van der Waals surface area contributed by atoms with Crippen LogP contribution >= 0.6 is 11.6 Å². The minimum Gasteiger partial charge on any atom is -0.354 e. The fraction of sp³-hybridized carbons (Fsp3) is 0.333. The third-order valence-electron chi connectivity index (χ3n) is 4.97. The molecule has 0 radical (unpaired) electrons. The lowest BCUT2D eigenvalue weighted by Crippen LogP contribution is -2.19. The molecule has 0 aliphatic carbocycles. The van der Waals surface area contributed by atoms with Gasteiger partial charge in [-0.2, -0.15) is 5.10 Å². The Morgan fingerprint density at radius 3 is 2.35 bits per heavy atom. The van der Waals surface area contributed by atoms with Crippen LogP contribution in [0.3, 0.4) is 0 Å². The zero-order valence-corrected chi connectivity index (χ0v) is 15.9. The predicted octanol–water partition coefficient (Wildman–Crippen LogP) is 4.90. The molecule has 3 aromatic rings. The van der Waals surface area contributed by atoms with Gasteiger partial charge >= 0.3 is 0 Å². The highest BCUT2D eigenvalue weighted by atomic mass is 35.5. The Hall–Kier alpha value is -2.17. The summed E-state index contributed by atoms with van der Waals surface area (Å²) in [6.45, 7) is 7.27. The van der Waals surface area contributed by atoms with Gasteiger partial charge in [0.15, 0.2) is 0 Å². The van der Waals surface area contributed by atoms with E-state index in [9.17, 15) is 0 Å². The van der Waals surface area contributed by atoms with E-state index in [4.69, 9.17) is 16.3 Å². The number of epoxide rings is 1. The second kappa shape index (κ2) is 6.22. The second-order valence-corrected chi connectivity index (χ2v) is 8.30. The zero-order chi connectivity index (χ0) is 18.4. The number of halogens is 1. The molecule has 2 aromatic carbocycles. The van der Waals surface area contributed by atoms with Crippen molar-refractivity contribution in [3.63, 3.8) is 0 Å². The summed E-state index contributed by atoms with van der Waals surface area (Å²) < 4.78 is 8.10. The minimum absolute atomic E-state index is 0.0121. The molecule has 2 heterocycles. The van der Waals surface area contributed by atoms with Crippen LogP contribution in [0.1, 0.15) is 43.6 Å². The molecule has 1 aliphatic rings. The highest BCUT2D eigenvalue weighted by Crippen LogP contribution is 2.58. The average Bonchev–Trinajstić information content (AvgIpc) is 3.09. The summed E-state index contributed by atoms with van der Waals surface area (Å²) in [6.07, 6.45) is 3.26. The number of benzene rings is 2. The molecule has 26 heavy (non-hydrogen) atoms. The van der Waals surface area contributed by atoms with Crippen LogP contribution in [0.4, 0.5) is 0 Å². The van der Waals surface area contributed by atoms with Crippen LogP contribution < -0.4 is 0 Å². The van der Waals surface area contributed by atoms with Gasteiger partial charge in [0.05, 0.1) is 6.54 Å². The Labute approximate surface area is 158 Å². The quantitative estimate of drug-likeness (QED) is 0.616. The Morgan fingerprint density at radius 1 is 1.08 bits per heavy atom.